The van der Waals surface area contributed by atoms with Crippen molar-refractivity contribution in [3.8, 4) is 0 Å². The number of thiazole rings is 1. The molecule has 9 heteroatoms. The fraction of sp³-hybridized carbons (Fsp3) is 0.333. The highest BCUT2D eigenvalue weighted by Gasteiger charge is 2.21. The molecule has 0 unspecified atom stereocenters. The van der Waals surface area contributed by atoms with Crippen molar-refractivity contribution in [1.82, 2.24) is 9.97 Å². The Labute approximate surface area is 196 Å². The number of amides is 1. The van der Waals surface area contributed by atoms with E-state index < -0.39 is 5.97 Å². The van der Waals surface area contributed by atoms with Crippen molar-refractivity contribution in [2.75, 3.05) is 36.5 Å². The molecule has 172 valence electrons. The molecule has 0 atom stereocenters. The van der Waals surface area contributed by atoms with Gasteiger partial charge in [-0.1, -0.05) is 12.1 Å². The number of morpholine rings is 1. The third-order valence-electron chi connectivity index (χ3n) is 5.25. The summed E-state index contributed by atoms with van der Waals surface area (Å²) >= 11 is 1.37. The first-order chi connectivity index (χ1) is 16.0. The third kappa shape index (κ3) is 5.94. The lowest BCUT2D eigenvalue weighted by molar-refractivity contribution is -0.115. The van der Waals surface area contributed by atoms with E-state index in [0.717, 1.165) is 16.8 Å². The van der Waals surface area contributed by atoms with Crippen LogP contribution in [0.5, 0.6) is 0 Å². The summed E-state index contributed by atoms with van der Waals surface area (Å²) in [5, 5.41) is 5.41. The second-order valence-corrected chi connectivity index (χ2v) is 8.77. The zero-order valence-electron chi connectivity index (χ0n) is 18.7. The average Bonchev–Trinajstić information content (AvgIpc) is 3.27. The molecule has 1 N–H and O–H groups in total. The Balaban J connectivity index is 1.33. The molecule has 1 aromatic carbocycles. The Bertz CT molecular complexity index is 1140. The van der Waals surface area contributed by atoms with Crippen LogP contribution in [0.1, 0.15) is 32.2 Å². The predicted octanol–water partition coefficient (Wildman–Crippen LogP) is 3.53. The first kappa shape index (κ1) is 22.9. The third-order valence-corrected chi connectivity index (χ3v) is 6.14. The molecule has 1 aliphatic rings. The highest BCUT2D eigenvalue weighted by molar-refractivity contribution is 7.09. The molecule has 8 nitrogen and oxygen atoms in total. The van der Waals surface area contributed by atoms with Crippen LogP contribution in [0.4, 0.5) is 11.5 Å². The maximum Gasteiger partial charge on any atom is 0.342 e. The summed E-state index contributed by atoms with van der Waals surface area (Å²) in [6.45, 7) is 6.53. The van der Waals surface area contributed by atoms with Crippen LogP contribution >= 0.6 is 11.3 Å². The van der Waals surface area contributed by atoms with Crippen LogP contribution in [0, 0.1) is 13.8 Å². The van der Waals surface area contributed by atoms with Gasteiger partial charge in [0.1, 0.15) is 23.0 Å². The molecule has 4 rings (SSSR count). The Hall–Kier alpha value is -3.30. The number of aromatic nitrogens is 2. The summed E-state index contributed by atoms with van der Waals surface area (Å²) in [5.74, 6) is 0.0202. The van der Waals surface area contributed by atoms with Gasteiger partial charge in [0.2, 0.25) is 5.91 Å². The summed E-state index contributed by atoms with van der Waals surface area (Å²) < 4.78 is 10.9. The van der Waals surface area contributed by atoms with Crippen LogP contribution in [-0.2, 0) is 27.3 Å². The monoisotopic (exact) mass is 466 g/mol. The van der Waals surface area contributed by atoms with E-state index in [4.69, 9.17) is 9.47 Å². The minimum absolute atomic E-state index is 0.0331. The van der Waals surface area contributed by atoms with Crippen molar-refractivity contribution in [3.05, 3.63) is 69.3 Å². The standard InChI is InChI=1S/C24H26N4O4S/c1-16-5-6-17(2)20(12-16)27-21(29)13-22-26-18(15-33-22)14-32-24(30)19-4-3-7-25-23(19)28-8-10-31-11-9-28/h3-7,12,15H,8-11,13-14H2,1-2H3,(H,27,29). The molecule has 0 bridgehead atoms. The number of carbonyl (C=O) groups excluding carboxylic acids is 2. The van der Waals surface area contributed by atoms with E-state index in [1.807, 2.05) is 36.9 Å². The van der Waals surface area contributed by atoms with Crippen molar-refractivity contribution >= 4 is 34.7 Å². The predicted molar refractivity (Wildman–Crippen MR) is 127 cm³/mol. The number of aryl methyl sites for hydroxylation is 2. The Kier molecular flexibility index (Phi) is 7.31. The topological polar surface area (TPSA) is 93.6 Å². The highest BCUT2D eigenvalue weighted by atomic mass is 32.1. The van der Waals surface area contributed by atoms with Gasteiger partial charge in [-0.25, -0.2) is 14.8 Å². The van der Waals surface area contributed by atoms with E-state index in [1.165, 1.54) is 11.3 Å². The smallest absolute Gasteiger partial charge is 0.342 e. The van der Waals surface area contributed by atoms with Gasteiger partial charge in [-0.05, 0) is 43.2 Å². The van der Waals surface area contributed by atoms with Gasteiger partial charge in [-0.2, -0.15) is 0 Å². The van der Waals surface area contributed by atoms with Crippen LogP contribution in [0.25, 0.3) is 0 Å². The van der Waals surface area contributed by atoms with E-state index in [-0.39, 0.29) is 18.9 Å². The Morgan fingerprint density at radius 1 is 1.21 bits per heavy atom. The Morgan fingerprint density at radius 3 is 2.85 bits per heavy atom. The van der Waals surface area contributed by atoms with Gasteiger partial charge in [-0.3, -0.25) is 4.79 Å². The second kappa shape index (κ2) is 10.5. The lowest BCUT2D eigenvalue weighted by atomic mass is 10.1. The minimum Gasteiger partial charge on any atom is -0.455 e. The van der Waals surface area contributed by atoms with Crippen molar-refractivity contribution < 1.29 is 19.1 Å². The fourth-order valence-corrected chi connectivity index (χ4v) is 4.28. The van der Waals surface area contributed by atoms with Crippen LogP contribution in [0.3, 0.4) is 0 Å². The van der Waals surface area contributed by atoms with Gasteiger partial charge in [0.15, 0.2) is 0 Å². The number of benzene rings is 1. The fourth-order valence-electron chi connectivity index (χ4n) is 3.50. The normalized spacial score (nSPS) is 13.6. The molecule has 1 aliphatic heterocycles. The van der Waals surface area contributed by atoms with Gasteiger partial charge in [0, 0.05) is 30.4 Å². The average molecular weight is 467 g/mol. The van der Waals surface area contributed by atoms with Crippen molar-refractivity contribution in [2.45, 2.75) is 26.9 Å². The zero-order valence-corrected chi connectivity index (χ0v) is 19.5. The molecule has 1 saturated heterocycles. The van der Waals surface area contributed by atoms with Gasteiger partial charge in [-0.15, -0.1) is 11.3 Å². The van der Waals surface area contributed by atoms with Crippen molar-refractivity contribution in [2.24, 2.45) is 0 Å². The molecule has 0 radical (unpaired) electrons. The highest BCUT2D eigenvalue weighted by Crippen LogP contribution is 2.21. The van der Waals surface area contributed by atoms with Gasteiger partial charge in [0.25, 0.3) is 0 Å². The lowest BCUT2D eigenvalue weighted by Gasteiger charge is -2.28. The summed E-state index contributed by atoms with van der Waals surface area (Å²) in [6.07, 6.45) is 1.83. The molecule has 33 heavy (non-hydrogen) atoms. The molecule has 3 aromatic rings. The minimum atomic E-state index is -0.452. The number of esters is 1. The zero-order chi connectivity index (χ0) is 23.2. The van der Waals surface area contributed by atoms with E-state index in [2.05, 4.69) is 15.3 Å². The number of rotatable bonds is 7. The van der Waals surface area contributed by atoms with E-state index in [0.29, 0.717) is 48.4 Å². The number of anilines is 2. The number of hydrogen-bond acceptors (Lipinski definition) is 8. The maximum atomic E-state index is 12.7. The number of ether oxygens (including phenoxy) is 2. The lowest BCUT2D eigenvalue weighted by Crippen LogP contribution is -2.37. The number of carbonyl (C=O) groups is 2. The molecular weight excluding hydrogens is 440 g/mol. The number of nitrogens with one attached hydrogen (secondary N) is 1. The summed E-state index contributed by atoms with van der Waals surface area (Å²) in [6, 6.07) is 9.37. The first-order valence-electron chi connectivity index (χ1n) is 10.7. The van der Waals surface area contributed by atoms with Gasteiger partial charge < -0.3 is 19.7 Å². The van der Waals surface area contributed by atoms with Crippen LogP contribution < -0.4 is 10.2 Å². The largest absolute Gasteiger partial charge is 0.455 e. The number of hydrogen-bond donors (Lipinski definition) is 1. The van der Waals surface area contributed by atoms with Crippen LogP contribution in [0.15, 0.2) is 41.9 Å². The summed E-state index contributed by atoms with van der Waals surface area (Å²) in [7, 11) is 0. The van der Waals surface area contributed by atoms with E-state index >= 15 is 0 Å². The molecule has 2 aromatic heterocycles. The van der Waals surface area contributed by atoms with E-state index in [1.54, 1.807) is 23.7 Å². The molecule has 0 spiro atoms. The molecule has 0 saturated carbocycles. The van der Waals surface area contributed by atoms with Crippen LogP contribution in [-0.4, -0.2) is 48.1 Å². The molecule has 1 amide bonds. The van der Waals surface area contributed by atoms with Crippen molar-refractivity contribution in [3.63, 3.8) is 0 Å². The van der Waals surface area contributed by atoms with Crippen molar-refractivity contribution in [1.29, 1.82) is 0 Å². The number of pyridine rings is 1. The van der Waals surface area contributed by atoms with E-state index in [9.17, 15) is 9.59 Å². The molecule has 1 fully saturated rings. The van der Waals surface area contributed by atoms with Gasteiger partial charge in [0.05, 0.1) is 25.3 Å². The molecule has 0 aliphatic carbocycles. The van der Waals surface area contributed by atoms with Gasteiger partial charge >= 0.3 is 5.97 Å². The maximum absolute atomic E-state index is 12.7. The van der Waals surface area contributed by atoms with Crippen LogP contribution in [0.2, 0.25) is 0 Å². The summed E-state index contributed by atoms with van der Waals surface area (Å²) in [5.41, 5.74) is 3.92. The molecular formula is C24H26N4O4S. The number of nitrogens with zero attached hydrogens (tertiary/aromatic N) is 3. The summed E-state index contributed by atoms with van der Waals surface area (Å²) in [4.78, 5) is 36.0. The second-order valence-electron chi connectivity index (χ2n) is 7.83. The molecule has 3 heterocycles. The first-order valence-corrected chi connectivity index (χ1v) is 11.6. The SMILES string of the molecule is Cc1ccc(C)c(NC(=O)Cc2nc(COC(=O)c3cccnc3N3CCOCC3)cs2)c1. The quantitative estimate of drug-likeness (QED) is 0.533. The Morgan fingerprint density at radius 2 is 2.03 bits per heavy atom.